The summed E-state index contributed by atoms with van der Waals surface area (Å²) >= 11 is 0. The lowest BCUT2D eigenvalue weighted by molar-refractivity contribution is -0.195. The lowest BCUT2D eigenvalue weighted by Gasteiger charge is -2.34. The van der Waals surface area contributed by atoms with Crippen LogP contribution in [0, 0.1) is 0 Å². The van der Waals surface area contributed by atoms with Crippen molar-refractivity contribution in [1.82, 2.24) is 0 Å². The average molecular weight is 312 g/mol. The van der Waals surface area contributed by atoms with Gasteiger partial charge in [0.15, 0.2) is 0 Å². The highest BCUT2D eigenvalue weighted by molar-refractivity contribution is 5.85. The van der Waals surface area contributed by atoms with Gasteiger partial charge in [0.25, 0.3) is 0 Å². The van der Waals surface area contributed by atoms with Crippen molar-refractivity contribution >= 4 is 12.0 Å². The third kappa shape index (κ3) is 5.92. The lowest BCUT2D eigenvalue weighted by Crippen LogP contribution is -2.53. The third-order valence-corrected chi connectivity index (χ3v) is 3.00. The van der Waals surface area contributed by atoms with E-state index in [1.807, 2.05) is 30.3 Å². The fourth-order valence-corrected chi connectivity index (χ4v) is 1.76. The second kappa shape index (κ2) is 9.29. The van der Waals surface area contributed by atoms with Crippen LogP contribution in [0.1, 0.15) is 5.56 Å². The largest absolute Gasteiger partial charge is 0.478 e. The smallest absolute Gasteiger partial charge is 0.328 e. The molecule has 1 heterocycles. The van der Waals surface area contributed by atoms with E-state index in [2.05, 4.69) is 0 Å². The normalized spacial score (nSPS) is 28.0. The molecule has 0 radical (unpaired) electrons. The van der Waals surface area contributed by atoms with Crippen LogP contribution in [0.3, 0.4) is 0 Å². The van der Waals surface area contributed by atoms with Crippen molar-refractivity contribution in [3.63, 3.8) is 0 Å². The number of aliphatic hydroxyl groups excluding tert-OH is 4. The standard InChI is InChI=1S/C9H8O2.C6H12O5/c10-9(11)7-6-8-4-2-1-3-5-8;7-1-4-6(10)5(9)3(8)2-11-4/h1-7H,(H,10,11);3-10H,1-2H2. The first-order valence-corrected chi connectivity index (χ1v) is 6.68. The number of carbonyl (C=O) groups is 1. The summed E-state index contributed by atoms with van der Waals surface area (Å²) in [5.74, 6) is -0.922. The van der Waals surface area contributed by atoms with Crippen LogP contribution in [0.4, 0.5) is 0 Å². The Kier molecular flexibility index (Phi) is 7.72. The second-order valence-electron chi connectivity index (χ2n) is 4.69. The summed E-state index contributed by atoms with van der Waals surface area (Å²) in [5, 5.41) is 44.0. The summed E-state index contributed by atoms with van der Waals surface area (Å²) in [6, 6.07) is 9.31. The van der Waals surface area contributed by atoms with Crippen LogP contribution in [0.5, 0.6) is 0 Å². The van der Waals surface area contributed by atoms with Gasteiger partial charge in [0.1, 0.15) is 24.4 Å². The number of aliphatic hydroxyl groups is 4. The van der Waals surface area contributed by atoms with E-state index in [1.54, 1.807) is 6.08 Å². The van der Waals surface area contributed by atoms with Crippen LogP contribution >= 0.6 is 0 Å². The molecule has 0 amide bonds. The van der Waals surface area contributed by atoms with Crippen LogP contribution in [-0.2, 0) is 9.53 Å². The molecule has 7 heteroatoms. The zero-order chi connectivity index (χ0) is 16.5. The Labute approximate surface area is 127 Å². The molecule has 0 aromatic heterocycles. The van der Waals surface area contributed by atoms with Crippen molar-refractivity contribution in [1.29, 1.82) is 0 Å². The summed E-state index contributed by atoms with van der Waals surface area (Å²) in [4.78, 5) is 10.1. The van der Waals surface area contributed by atoms with Crippen LogP contribution in [0.25, 0.3) is 6.08 Å². The molecule has 1 fully saturated rings. The first-order valence-electron chi connectivity index (χ1n) is 6.68. The zero-order valence-corrected chi connectivity index (χ0v) is 11.8. The number of hydrogen-bond donors (Lipinski definition) is 5. The number of benzene rings is 1. The quantitative estimate of drug-likeness (QED) is 0.464. The van der Waals surface area contributed by atoms with E-state index in [4.69, 9.17) is 30.3 Å². The molecule has 1 aliphatic heterocycles. The minimum Gasteiger partial charge on any atom is -0.478 e. The molecule has 2 rings (SSSR count). The van der Waals surface area contributed by atoms with E-state index < -0.39 is 30.4 Å². The molecule has 5 N–H and O–H groups in total. The maximum absolute atomic E-state index is 10.1. The van der Waals surface area contributed by atoms with Crippen LogP contribution < -0.4 is 0 Å². The Bertz CT molecular complexity index is 472. The number of ether oxygens (including phenoxy) is 1. The van der Waals surface area contributed by atoms with E-state index in [9.17, 15) is 4.79 Å². The fraction of sp³-hybridized carbons (Fsp3) is 0.400. The van der Waals surface area contributed by atoms with E-state index in [1.165, 1.54) is 0 Å². The third-order valence-electron chi connectivity index (χ3n) is 3.00. The summed E-state index contributed by atoms with van der Waals surface area (Å²) in [6.07, 6.45) is -1.59. The number of rotatable bonds is 3. The molecule has 4 atom stereocenters. The molecule has 7 nitrogen and oxygen atoms in total. The van der Waals surface area contributed by atoms with E-state index >= 15 is 0 Å². The van der Waals surface area contributed by atoms with Gasteiger partial charge in [-0.25, -0.2) is 4.79 Å². The van der Waals surface area contributed by atoms with Gasteiger partial charge in [-0.2, -0.15) is 0 Å². The lowest BCUT2D eigenvalue weighted by atomic mass is 10.0. The fourth-order valence-electron chi connectivity index (χ4n) is 1.76. The molecule has 0 saturated carbocycles. The van der Waals surface area contributed by atoms with Crippen molar-refractivity contribution in [2.75, 3.05) is 13.2 Å². The molecular formula is C15H20O7. The molecule has 0 bridgehead atoms. The molecule has 1 aliphatic rings. The van der Waals surface area contributed by atoms with Crippen LogP contribution in [-0.4, -0.2) is 69.1 Å². The molecule has 4 unspecified atom stereocenters. The van der Waals surface area contributed by atoms with Crippen molar-refractivity contribution in [2.45, 2.75) is 24.4 Å². The van der Waals surface area contributed by atoms with Gasteiger partial charge in [0, 0.05) is 6.08 Å². The summed E-state index contributed by atoms with van der Waals surface area (Å²) in [6.45, 7) is -0.408. The van der Waals surface area contributed by atoms with Crippen molar-refractivity contribution in [3.8, 4) is 0 Å². The first kappa shape index (κ1) is 18.3. The SMILES string of the molecule is O=C(O)C=Cc1ccccc1.OCC1OCC(O)C(O)C1O. The maximum atomic E-state index is 10.1. The van der Waals surface area contributed by atoms with Gasteiger partial charge in [-0.1, -0.05) is 30.3 Å². The number of carboxylic acid groups (broad SMARTS) is 1. The number of carboxylic acids is 1. The summed E-state index contributed by atoms with van der Waals surface area (Å²) < 4.78 is 4.81. The molecule has 1 aromatic carbocycles. The van der Waals surface area contributed by atoms with Crippen molar-refractivity contribution < 1.29 is 35.1 Å². The highest BCUT2D eigenvalue weighted by Crippen LogP contribution is 2.14. The molecule has 1 saturated heterocycles. The average Bonchev–Trinajstić information content (AvgIpc) is 2.52. The van der Waals surface area contributed by atoms with E-state index in [-0.39, 0.29) is 13.2 Å². The highest BCUT2D eigenvalue weighted by atomic mass is 16.5. The molecule has 0 spiro atoms. The molecular weight excluding hydrogens is 292 g/mol. The Morgan fingerprint density at radius 2 is 1.82 bits per heavy atom. The zero-order valence-electron chi connectivity index (χ0n) is 11.8. The highest BCUT2D eigenvalue weighted by Gasteiger charge is 2.36. The van der Waals surface area contributed by atoms with Crippen molar-refractivity contribution in [3.05, 3.63) is 42.0 Å². The van der Waals surface area contributed by atoms with Crippen LogP contribution in [0.15, 0.2) is 36.4 Å². The number of aliphatic carboxylic acids is 1. The van der Waals surface area contributed by atoms with Gasteiger partial charge in [0.2, 0.25) is 0 Å². The van der Waals surface area contributed by atoms with E-state index in [0.29, 0.717) is 0 Å². The summed E-state index contributed by atoms with van der Waals surface area (Å²) in [5.41, 5.74) is 0.898. The van der Waals surface area contributed by atoms with Crippen LogP contribution in [0.2, 0.25) is 0 Å². The van der Waals surface area contributed by atoms with Gasteiger partial charge in [-0.05, 0) is 11.6 Å². The van der Waals surface area contributed by atoms with Gasteiger partial charge >= 0.3 is 5.97 Å². The van der Waals surface area contributed by atoms with E-state index in [0.717, 1.165) is 11.6 Å². The Morgan fingerprint density at radius 3 is 2.36 bits per heavy atom. The molecule has 1 aromatic rings. The second-order valence-corrected chi connectivity index (χ2v) is 4.69. The number of hydrogen-bond acceptors (Lipinski definition) is 6. The first-order chi connectivity index (χ1) is 10.5. The minimum atomic E-state index is -1.22. The maximum Gasteiger partial charge on any atom is 0.328 e. The predicted octanol–water partition coefficient (Wildman–Crippen LogP) is -0.755. The minimum absolute atomic E-state index is 0.0521. The topological polar surface area (TPSA) is 127 Å². The summed E-state index contributed by atoms with van der Waals surface area (Å²) in [7, 11) is 0. The van der Waals surface area contributed by atoms with Gasteiger partial charge in [0.05, 0.1) is 13.2 Å². The van der Waals surface area contributed by atoms with Gasteiger partial charge < -0.3 is 30.3 Å². The van der Waals surface area contributed by atoms with Gasteiger partial charge in [-0.15, -0.1) is 0 Å². The Hall–Kier alpha value is -1.77. The molecule has 0 aliphatic carbocycles. The van der Waals surface area contributed by atoms with Crippen molar-refractivity contribution in [2.24, 2.45) is 0 Å². The Morgan fingerprint density at radius 1 is 1.18 bits per heavy atom. The van der Waals surface area contributed by atoms with Gasteiger partial charge in [-0.3, -0.25) is 0 Å². The predicted molar refractivity (Wildman–Crippen MR) is 78.0 cm³/mol. The Balaban J connectivity index is 0.000000220. The monoisotopic (exact) mass is 312 g/mol. The molecule has 22 heavy (non-hydrogen) atoms. The molecule has 122 valence electrons.